The van der Waals surface area contributed by atoms with Gasteiger partial charge in [-0.05, 0) is 40.5 Å². The molecule has 1 saturated carbocycles. The Morgan fingerprint density at radius 1 is 1.32 bits per heavy atom. The quantitative estimate of drug-likeness (QED) is 0.836. The summed E-state index contributed by atoms with van der Waals surface area (Å²) in [4.78, 5) is 15.5. The molecule has 4 nitrogen and oxygen atoms in total. The van der Waals surface area contributed by atoms with Crippen LogP contribution in [0.5, 0.6) is 0 Å². The lowest BCUT2D eigenvalue weighted by Gasteiger charge is -2.46. The summed E-state index contributed by atoms with van der Waals surface area (Å²) in [7, 11) is 0. The van der Waals surface area contributed by atoms with Gasteiger partial charge in [-0.1, -0.05) is 18.0 Å². The predicted molar refractivity (Wildman–Crippen MR) is 89.2 cm³/mol. The van der Waals surface area contributed by atoms with Crippen LogP contribution in [0.2, 0.25) is 0 Å². The number of hydrogen-bond donors (Lipinski definition) is 0. The molecule has 5 heteroatoms. The molecule has 0 spiro atoms. The van der Waals surface area contributed by atoms with E-state index in [0.29, 0.717) is 11.3 Å². The van der Waals surface area contributed by atoms with E-state index < -0.39 is 5.41 Å². The number of hydrogen-bond acceptors (Lipinski definition) is 4. The highest BCUT2D eigenvalue weighted by Crippen LogP contribution is 2.39. The van der Waals surface area contributed by atoms with Crippen LogP contribution in [-0.2, 0) is 10.2 Å². The van der Waals surface area contributed by atoms with Crippen LogP contribution in [0.3, 0.4) is 0 Å². The van der Waals surface area contributed by atoms with Gasteiger partial charge in [0.25, 0.3) is 0 Å². The van der Waals surface area contributed by atoms with Crippen molar-refractivity contribution < 1.29 is 9.32 Å². The number of carbonyl (C=O) groups excluding carboxylic acids is 1. The van der Waals surface area contributed by atoms with Crippen molar-refractivity contribution in [3.63, 3.8) is 0 Å². The lowest BCUT2D eigenvalue weighted by atomic mass is 9.80. The molecule has 3 rings (SSSR count). The van der Waals surface area contributed by atoms with E-state index in [0.717, 1.165) is 35.7 Å². The Kier molecular flexibility index (Phi) is 4.27. The first-order valence-corrected chi connectivity index (χ1v) is 9.34. The second-order valence-corrected chi connectivity index (χ2v) is 8.43. The third kappa shape index (κ3) is 2.57. The second-order valence-electron chi connectivity index (χ2n) is 7.08. The molecular weight excluding hydrogens is 296 g/mol. The smallest absolute Gasteiger partial charge is 0.233 e. The zero-order chi connectivity index (χ0) is 15.9. The SMILES string of the molecule is Cc1noc(C)c1C(C)(C)C(=O)N1CCS[C@@H]2CCCC[C@@H]21. The van der Waals surface area contributed by atoms with Crippen molar-refractivity contribution in [3.05, 3.63) is 17.0 Å². The Morgan fingerprint density at radius 3 is 2.73 bits per heavy atom. The molecule has 22 heavy (non-hydrogen) atoms. The maximum absolute atomic E-state index is 13.3. The zero-order valence-corrected chi connectivity index (χ0v) is 14.8. The molecule has 0 unspecified atom stereocenters. The molecule has 1 amide bonds. The zero-order valence-electron chi connectivity index (χ0n) is 14.0. The average molecular weight is 322 g/mol. The van der Waals surface area contributed by atoms with Crippen LogP contribution in [0.1, 0.15) is 56.5 Å². The fourth-order valence-electron chi connectivity index (χ4n) is 4.19. The maximum atomic E-state index is 13.3. The Balaban J connectivity index is 1.88. The van der Waals surface area contributed by atoms with E-state index in [1.165, 1.54) is 19.3 Å². The lowest BCUT2D eigenvalue weighted by Crippen LogP contribution is -2.56. The molecule has 122 valence electrons. The predicted octanol–water partition coefficient (Wildman–Crippen LogP) is 3.46. The summed E-state index contributed by atoms with van der Waals surface area (Å²) in [6, 6.07) is 0.416. The molecule has 1 aromatic heterocycles. The molecule has 0 aromatic carbocycles. The van der Waals surface area contributed by atoms with Gasteiger partial charge in [0.05, 0.1) is 11.1 Å². The van der Waals surface area contributed by atoms with Gasteiger partial charge in [-0.25, -0.2) is 0 Å². The summed E-state index contributed by atoms with van der Waals surface area (Å²) < 4.78 is 5.30. The minimum absolute atomic E-state index is 0.235. The van der Waals surface area contributed by atoms with Crippen LogP contribution >= 0.6 is 11.8 Å². The fraction of sp³-hybridized carbons (Fsp3) is 0.765. The number of rotatable bonds is 2. The summed E-state index contributed by atoms with van der Waals surface area (Å²) in [5.74, 6) is 2.06. The van der Waals surface area contributed by atoms with Gasteiger partial charge in [0.15, 0.2) is 0 Å². The van der Waals surface area contributed by atoms with Gasteiger partial charge in [-0.2, -0.15) is 11.8 Å². The molecule has 1 saturated heterocycles. The minimum atomic E-state index is -0.571. The molecular formula is C17H26N2O2S. The minimum Gasteiger partial charge on any atom is -0.361 e. The number of amides is 1. The monoisotopic (exact) mass is 322 g/mol. The summed E-state index contributed by atoms with van der Waals surface area (Å²) >= 11 is 2.06. The van der Waals surface area contributed by atoms with E-state index in [4.69, 9.17) is 4.52 Å². The first-order valence-electron chi connectivity index (χ1n) is 8.29. The molecule has 1 aromatic rings. The van der Waals surface area contributed by atoms with Crippen molar-refractivity contribution in [1.82, 2.24) is 10.1 Å². The number of carbonyl (C=O) groups is 1. The molecule has 0 N–H and O–H groups in total. The summed E-state index contributed by atoms with van der Waals surface area (Å²) in [5.41, 5.74) is 1.23. The van der Waals surface area contributed by atoms with Gasteiger partial charge < -0.3 is 9.42 Å². The van der Waals surface area contributed by atoms with E-state index in [9.17, 15) is 4.79 Å². The Labute approximate surface area is 137 Å². The van der Waals surface area contributed by atoms with Crippen molar-refractivity contribution >= 4 is 17.7 Å². The highest BCUT2D eigenvalue weighted by Gasteiger charge is 2.44. The van der Waals surface area contributed by atoms with Gasteiger partial charge in [0, 0.05) is 29.2 Å². The number of fused-ring (bicyclic) bond motifs is 1. The van der Waals surface area contributed by atoms with Gasteiger partial charge in [0.1, 0.15) is 5.76 Å². The topological polar surface area (TPSA) is 46.3 Å². The highest BCUT2D eigenvalue weighted by molar-refractivity contribution is 8.00. The van der Waals surface area contributed by atoms with E-state index in [2.05, 4.69) is 21.8 Å². The van der Waals surface area contributed by atoms with Crippen molar-refractivity contribution in [2.24, 2.45) is 0 Å². The number of thioether (sulfide) groups is 1. The van der Waals surface area contributed by atoms with Crippen LogP contribution in [0.25, 0.3) is 0 Å². The van der Waals surface area contributed by atoms with Gasteiger partial charge in [0.2, 0.25) is 5.91 Å². The molecule has 2 heterocycles. The third-order valence-corrected chi connectivity index (χ3v) is 6.58. The molecule has 2 fully saturated rings. The van der Waals surface area contributed by atoms with E-state index in [1.54, 1.807) is 0 Å². The second kappa shape index (κ2) is 5.91. The van der Waals surface area contributed by atoms with Crippen molar-refractivity contribution in [2.75, 3.05) is 12.3 Å². The first-order chi connectivity index (χ1) is 10.4. The van der Waals surface area contributed by atoms with E-state index in [1.807, 2.05) is 27.7 Å². The lowest BCUT2D eigenvalue weighted by molar-refractivity contribution is -0.139. The van der Waals surface area contributed by atoms with Crippen molar-refractivity contribution in [1.29, 1.82) is 0 Å². The van der Waals surface area contributed by atoms with Crippen LogP contribution < -0.4 is 0 Å². The maximum Gasteiger partial charge on any atom is 0.233 e. The highest BCUT2D eigenvalue weighted by atomic mass is 32.2. The number of aromatic nitrogens is 1. The number of aryl methyl sites for hydroxylation is 2. The van der Waals surface area contributed by atoms with Crippen molar-refractivity contribution in [3.8, 4) is 0 Å². The van der Waals surface area contributed by atoms with Gasteiger partial charge >= 0.3 is 0 Å². The Morgan fingerprint density at radius 2 is 2.05 bits per heavy atom. The molecule has 1 aliphatic heterocycles. The Hall–Kier alpha value is -0.970. The molecule has 2 atom stereocenters. The van der Waals surface area contributed by atoms with Crippen LogP contribution in [0.4, 0.5) is 0 Å². The Bertz CT molecular complexity index is 546. The number of nitrogens with zero attached hydrogens (tertiary/aromatic N) is 2. The third-order valence-electron chi connectivity index (χ3n) is 5.19. The van der Waals surface area contributed by atoms with Crippen LogP contribution in [0.15, 0.2) is 4.52 Å². The summed E-state index contributed by atoms with van der Waals surface area (Å²) in [5, 5.41) is 4.67. The molecule has 0 radical (unpaired) electrons. The van der Waals surface area contributed by atoms with Crippen molar-refractivity contribution in [2.45, 2.75) is 70.1 Å². The largest absolute Gasteiger partial charge is 0.361 e. The van der Waals surface area contributed by atoms with E-state index >= 15 is 0 Å². The first kappa shape index (κ1) is 15.9. The van der Waals surface area contributed by atoms with Crippen LogP contribution in [0, 0.1) is 13.8 Å². The molecule has 0 bridgehead atoms. The van der Waals surface area contributed by atoms with Gasteiger partial charge in [-0.15, -0.1) is 0 Å². The summed E-state index contributed by atoms with van der Waals surface area (Å²) in [6.45, 7) is 8.73. The van der Waals surface area contributed by atoms with E-state index in [-0.39, 0.29) is 5.91 Å². The summed E-state index contributed by atoms with van der Waals surface area (Å²) in [6.07, 6.45) is 4.96. The normalized spacial score (nSPS) is 25.9. The van der Waals surface area contributed by atoms with Crippen LogP contribution in [-0.4, -0.2) is 39.6 Å². The molecule has 2 aliphatic rings. The fourth-order valence-corrected chi connectivity index (χ4v) is 5.63. The average Bonchev–Trinajstić information content (AvgIpc) is 2.85. The van der Waals surface area contributed by atoms with Gasteiger partial charge in [-0.3, -0.25) is 4.79 Å². The standard InChI is InChI=1S/C17H26N2O2S/c1-11-15(12(2)21-18-11)17(3,4)16(20)19-9-10-22-14-8-6-5-7-13(14)19/h13-14H,5-10H2,1-4H3/t13-,14+/m0/s1. The molecule has 1 aliphatic carbocycles.